The van der Waals surface area contributed by atoms with Crippen molar-refractivity contribution in [3.63, 3.8) is 0 Å². The van der Waals surface area contributed by atoms with Crippen molar-refractivity contribution in [3.05, 3.63) is 7.43 Å². The SMILES string of the molecule is CO[C@H]1CN[C@@H](C)C1.[CH3-].[HH].[U]. The second kappa shape index (κ2) is 6.67. The number of ether oxygens (including phenoxy) is 1. The normalized spacial score (nSPS) is 30.6. The first kappa shape index (κ1) is 13.6. The molecule has 0 aromatic heterocycles. The van der Waals surface area contributed by atoms with Crippen LogP contribution in [-0.2, 0) is 4.74 Å². The molecule has 1 aliphatic heterocycles. The molecule has 1 N–H and O–H groups in total. The van der Waals surface area contributed by atoms with Gasteiger partial charge in [0.05, 0.1) is 6.10 Å². The summed E-state index contributed by atoms with van der Waals surface area (Å²) in [5.41, 5.74) is 0. The second-order valence-electron chi connectivity index (χ2n) is 2.40. The molecule has 1 fully saturated rings. The van der Waals surface area contributed by atoms with E-state index >= 15 is 0 Å². The molecule has 0 aromatic rings. The first-order valence-corrected chi connectivity index (χ1v) is 3.09. The Labute approximate surface area is 89.0 Å². The number of nitrogens with one attached hydrogen (secondary N) is 1. The first-order chi connectivity index (χ1) is 3.83. The Morgan fingerprint density at radius 2 is 2.20 bits per heavy atom. The summed E-state index contributed by atoms with van der Waals surface area (Å²) in [5, 5.41) is 3.30. The van der Waals surface area contributed by atoms with Crippen molar-refractivity contribution >= 4 is 0 Å². The molecule has 1 heterocycles. The Hall–Kier alpha value is 0.972. The van der Waals surface area contributed by atoms with Gasteiger partial charge in [0.1, 0.15) is 0 Å². The molecule has 3 heteroatoms. The standard InChI is InChI=1S/C6H13NO.CH3.U.H2/c1-5-3-6(8-2)4-7-5;;;/h5-7H,3-4H2,1-2H3;1H3;;1H/q;-1;;/t5-,6+;;;/m0.../s1. The molecule has 1 aliphatic rings. The van der Waals surface area contributed by atoms with Crippen LogP contribution >= 0.6 is 0 Å². The molecule has 0 aromatic carbocycles. The Bertz CT molecular complexity index is 84.8. The van der Waals surface area contributed by atoms with E-state index in [2.05, 4.69) is 12.2 Å². The molecule has 62 valence electrons. The van der Waals surface area contributed by atoms with Gasteiger partial charge in [-0.3, -0.25) is 0 Å². The van der Waals surface area contributed by atoms with E-state index in [1.165, 1.54) is 0 Å². The van der Waals surface area contributed by atoms with Gasteiger partial charge in [0.15, 0.2) is 0 Å². The van der Waals surface area contributed by atoms with Gasteiger partial charge in [-0.25, -0.2) is 0 Å². The van der Waals surface area contributed by atoms with Crippen molar-refractivity contribution in [3.8, 4) is 0 Å². The topological polar surface area (TPSA) is 21.3 Å². The van der Waals surface area contributed by atoms with E-state index in [0.717, 1.165) is 13.0 Å². The van der Waals surface area contributed by atoms with E-state index in [1.807, 2.05) is 0 Å². The predicted octanol–water partition coefficient (Wildman–Crippen LogP) is 1.08. The summed E-state index contributed by atoms with van der Waals surface area (Å²) in [4.78, 5) is 0. The van der Waals surface area contributed by atoms with E-state index in [9.17, 15) is 0 Å². The quantitative estimate of drug-likeness (QED) is 0.698. The minimum absolute atomic E-state index is 0. The molecule has 0 bridgehead atoms. The minimum atomic E-state index is 0. The molecule has 0 saturated carbocycles. The minimum Gasteiger partial charge on any atom is -0.380 e. The zero-order chi connectivity index (χ0) is 5.98. The van der Waals surface area contributed by atoms with Crippen LogP contribution in [0.5, 0.6) is 0 Å². The Morgan fingerprint density at radius 3 is 2.40 bits per heavy atom. The average molecular weight is 370 g/mol. The third-order valence-electron chi connectivity index (χ3n) is 1.64. The van der Waals surface area contributed by atoms with Gasteiger partial charge in [0, 0.05) is 52.2 Å². The van der Waals surface area contributed by atoms with Crippen LogP contribution in [0.25, 0.3) is 0 Å². The fourth-order valence-corrected chi connectivity index (χ4v) is 1.07. The third-order valence-corrected chi connectivity index (χ3v) is 1.64. The molecule has 1 rings (SSSR count). The van der Waals surface area contributed by atoms with E-state index in [4.69, 9.17) is 4.74 Å². The van der Waals surface area contributed by atoms with Crippen LogP contribution in [0.3, 0.4) is 0 Å². The van der Waals surface area contributed by atoms with Crippen LogP contribution in [0.15, 0.2) is 0 Å². The zero-order valence-corrected chi connectivity index (χ0v) is 11.1. The number of rotatable bonds is 1. The third kappa shape index (κ3) is 3.98. The summed E-state index contributed by atoms with van der Waals surface area (Å²) < 4.78 is 5.12. The maximum absolute atomic E-state index is 5.12. The van der Waals surface area contributed by atoms with Crippen LogP contribution < -0.4 is 5.32 Å². The van der Waals surface area contributed by atoms with Crippen molar-refractivity contribution in [2.24, 2.45) is 0 Å². The largest absolute Gasteiger partial charge is 0.380 e. The molecule has 2 atom stereocenters. The fraction of sp³-hybridized carbons (Fsp3) is 0.857. The molecular formula is C7H18NOU-. The number of hydrogen-bond acceptors (Lipinski definition) is 2. The molecule has 0 spiro atoms. The summed E-state index contributed by atoms with van der Waals surface area (Å²) in [6.45, 7) is 3.21. The number of hydrogen-bond donors (Lipinski definition) is 1. The zero-order valence-electron chi connectivity index (χ0n) is 6.98. The predicted molar refractivity (Wildman–Crippen MR) is 41.4 cm³/mol. The Morgan fingerprint density at radius 1 is 1.60 bits per heavy atom. The first-order valence-electron chi connectivity index (χ1n) is 3.09. The van der Waals surface area contributed by atoms with E-state index in [1.54, 1.807) is 7.11 Å². The summed E-state index contributed by atoms with van der Waals surface area (Å²) >= 11 is 0. The van der Waals surface area contributed by atoms with Gasteiger partial charge in [-0.15, -0.1) is 0 Å². The van der Waals surface area contributed by atoms with Crippen LogP contribution in [0, 0.1) is 38.5 Å². The van der Waals surface area contributed by atoms with Gasteiger partial charge in [-0.2, -0.15) is 0 Å². The maximum atomic E-state index is 5.12. The summed E-state index contributed by atoms with van der Waals surface area (Å²) in [6, 6.07) is 0.653. The van der Waals surface area contributed by atoms with Crippen molar-refractivity contribution in [1.29, 1.82) is 0 Å². The van der Waals surface area contributed by atoms with Crippen molar-refractivity contribution in [2.45, 2.75) is 25.5 Å². The molecule has 0 unspecified atom stereocenters. The second-order valence-corrected chi connectivity index (χ2v) is 2.40. The van der Waals surface area contributed by atoms with Gasteiger partial charge >= 0.3 is 0 Å². The molecule has 2 nitrogen and oxygen atoms in total. The van der Waals surface area contributed by atoms with E-state index < -0.39 is 0 Å². The van der Waals surface area contributed by atoms with Gasteiger partial charge in [-0.05, 0) is 13.3 Å². The average Bonchev–Trinajstić information content (AvgIpc) is 2.14. The van der Waals surface area contributed by atoms with Crippen LogP contribution in [0.1, 0.15) is 14.8 Å². The van der Waals surface area contributed by atoms with Crippen molar-refractivity contribution in [1.82, 2.24) is 5.32 Å². The molecular weight excluding hydrogens is 352 g/mol. The fourth-order valence-electron chi connectivity index (χ4n) is 1.07. The Balaban J connectivity index is -0.000000213. The summed E-state index contributed by atoms with van der Waals surface area (Å²) in [6.07, 6.45) is 1.63. The van der Waals surface area contributed by atoms with E-state index in [0.29, 0.717) is 12.1 Å². The molecule has 0 radical (unpaired) electrons. The van der Waals surface area contributed by atoms with Gasteiger partial charge < -0.3 is 17.5 Å². The van der Waals surface area contributed by atoms with Crippen molar-refractivity contribution < 1.29 is 37.3 Å². The summed E-state index contributed by atoms with van der Waals surface area (Å²) in [7, 11) is 1.77. The van der Waals surface area contributed by atoms with Crippen molar-refractivity contribution in [2.75, 3.05) is 13.7 Å². The Kier molecular flexibility index (Phi) is 9.04. The van der Waals surface area contributed by atoms with Crippen LogP contribution in [-0.4, -0.2) is 25.8 Å². The summed E-state index contributed by atoms with van der Waals surface area (Å²) in [5.74, 6) is 0. The van der Waals surface area contributed by atoms with Crippen LogP contribution in [0.2, 0.25) is 0 Å². The van der Waals surface area contributed by atoms with Crippen LogP contribution in [0.4, 0.5) is 0 Å². The molecule has 10 heavy (non-hydrogen) atoms. The monoisotopic (exact) mass is 370 g/mol. The molecule has 0 aliphatic carbocycles. The van der Waals surface area contributed by atoms with Gasteiger partial charge in [-0.1, -0.05) is 0 Å². The van der Waals surface area contributed by atoms with Gasteiger partial charge in [0.2, 0.25) is 0 Å². The number of methoxy groups -OCH3 is 1. The molecule has 0 amide bonds. The maximum Gasteiger partial charge on any atom is 0.0710 e. The van der Waals surface area contributed by atoms with E-state index in [-0.39, 0.29) is 40.0 Å². The smallest absolute Gasteiger partial charge is 0.0710 e. The molecule has 1 saturated heterocycles. The van der Waals surface area contributed by atoms with Gasteiger partial charge in [0.25, 0.3) is 0 Å².